The number of hydrogen-bond donors (Lipinski definition) is 3. The first kappa shape index (κ1) is 37.8. The molecular formula is C42H54BN3O6S. The first-order valence-electron chi connectivity index (χ1n) is 19.5. The molecule has 5 fully saturated rings. The van der Waals surface area contributed by atoms with Crippen LogP contribution in [0.1, 0.15) is 82.4 Å². The first-order chi connectivity index (χ1) is 25.4. The van der Waals surface area contributed by atoms with Gasteiger partial charge < -0.3 is 19.9 Å². The lowest BCUT2D eigenvalue weighted by molar-refractivity contribution is -0.199. The fraction of sp³-hybridized carbons (Fsp3) is 0.524. The van der Waals surface area contributed by atoms with Gasteiger partial charge in [-0.05, 0) is 78.9 Å². The lowest BCUT2D eigenvalue weighted by atomic mass is 9.43. The van der Waals surface area contributed by atoms with Crippen LogP contribution >= 0.6 is 0 Å². The number of aryl methyl sites for hydroxylation is 1. The van der Waals surface area contributed by atoms with E-state index < -0.39 is 40.7 Å². The smallest absolute Gasteiger partial charge is 0.404 e. The van der Waals surface area contributed by atoms with Crippen molar-refractivity contribution in [2.45, 2.75) is 114 Å². The Morgan fingerprint density at radius 1 is 0.811 bits per heavy atom. The summed E-state index contributed by atoms with van der Waals surface area (Å²) in [5.41, 5.74) is 2.26. The van der Waals surface area contributed by atoms with E-state index in [1.54, 1.807) is 24.3 Å². The van der Waals surface area contributed by atoms with Crippen LogP contribution in [0.5, 0.6) is 0 Å². The Kier molecular flexibility index (Phi) is 11.2. The summed E-state index contributed by atoms with van der Waals surface area (Å²) in [4.78, 5) is 28.7. The van der Waals surface area contributed by atoms with Gasteiger partial charge in [0.05, 0.1) is 23.4 Å². The van der Waals surface area contributed by atoms with Gasteiger partial charge in [0.1, 0.15) is 12.1 Å². The molecule has 7 atom stereocenters. The van der Waals surface area contributed by atoms with E-state index in [0.717, 1.165) is 43.2 Å². The number of hydrogen-bond acceptors (Lipinski definition) is 6. The molecule has 9 nitrogen and oxygen atoms in total. The van der Waals surface area contributed by atoms with Crippen LogP contribution in [0, 0.1) is 23.2 Å². The molecule has 3 aromatic rings. The number of rotatable bonds is 16. The highest BCUT2D eigenvalue weighted by atomic mass is 32.2. The van der Waals surface area contributed by atoms with Gasteiger partial charge in [-0.15, -0.1) is 0 Å². The number of amides is 2. The average molecular weight is 740 g/mol. The van der Waals surface area contributed by atoms with Crippen molar-refractivity contribution in [3.05, 3.63) is 108 Å². The SMILES string of the molecule is CC1(C)[C@@H]2C[C@H]1[C@]1(C)OB([C@H](CC3CCC3)NC(=O)[C@H](Cc3ccccc3)NC(=O)[C@H](CCc3ccccc3)NS(=O)(=O)Cc3ccccc3)O[C@@H]1C2. The monoisotopic (exact) mass is 739 g/mol. The Balaban J connectivity index is 1.11. The lowest BCUT2D eigenvalue weighted by Crippen LogP contribution is -2.65. The van der Waals surface area contributed by atoms with Crippen LogP contribution in [0.2, 0.25) is 0 Å². The van der Waals surface area contributed by atoms with E-state index in [4.69, 9.17) is 9.31 Å². The Hall–Kier alpha value is -3.51. The topological polar surface area (TPSA) is 123 Å². The summed E-state index contributed by atoms with van der Waals surface area (Å²) >= 11 is 0. The van der Waals surface area contributed by atoms with Crippen molar-refractivity contribution in [3.8, 4) is 0 Å². The molecular weight excluding hydrogens is 685 g/mol. The van der Waals surface area contributed by atoms with Gasteiger partial charge in [-0.3, -0.25) is 9.59 Å². The third-order valence-electron chi connectivity index (χ3n) is 12.8. The van der Waals surface area contributed by atoms with E-state index in [1.165, 1.54) is 6.42 Å². The third-order valence-corrected chi connectivity index (χ3v) is 14.1. The standard InChI is InChI=1S/C42H54BN3O6S/c1-41(2)33-26-36(41)42(3)37(27-33)51-43(52-42)38(25-31-20-13-21-31)45-40(48)35(24-30-16-9-5-10-17-30)44-39(47)34(23-22-29-14-7-4-8-15-29)46-53(49,50)28-32-18-11-6-12-19-32/h4-12,14-19,31,33-38,46H,13,20-28H2,1-3H3,(H,44,47)(H,45,48)/t33-,34+,35+,36-,37-,38+,42+/m1/s1. The number of carbonyl (C=O) groups is 2. The molecule has 0 spiro atoms. The first-order valence-corrected chi connectivity index (χ1v) is 21.1. The van der Waals surface area contributed by atoms with Gasteiger partial charge >= 0.3 is 7.12 Å². The summed E-state index contributed by atoms with van der Waals surface area (Å²) < 4.78 is 43.2. The molecule has 2 bridgehead atoms. The minimum absolute atomic E-state index is 0.0147. The minimum atomic E-state index is -3.91. The highest BCUT2D eigenvalue weighted by Crippen LogP contribution is 2.65. The van der Waals surface area contributed by atoms with E-state index in [2.05, 4.69) is 36.1 Å². The summed E-state index contributed by atoms with van der Waals surface area (Å²) in [7, 11) is -4.49. The van der Waals surface area contributed by atoms with E-state index in [9.17, 15) is 18.0 Å². The maximum Gasteiger partial charge on any atom is 0.481 e. The van der Waals surface area contributed by atoms with Crippen LogP contribution in [0.3, 0.4) is 0 Å². The highest BCUT2D eigenvalue weighted by Gasteiger charge is 2.68. The molecule has 3 N–H and O–H groups in total. The van der Waals surface area contributed by atoms with Crippen molar-refractivity contribution in [1.29, 1.82) is 0 Å². The van der Waals surface area contributed by atoms with Crippen LogP contribution in [0.4, 0.5) is 0 Å². The van der Waals surface area contributed by atoms with Crippen molar-refractivity contribution in [2.24, 2.45) is 23.2 Å². The second kappa shape index (κ2) is 15.7. The highest BCUT2D eigenvalue weighted by molar-refractivity contribution is 7.88. The summed E-state index contributed by atoms with van der Waals surface area (Å²) in [5, 5.41) is 6.28. The molecule has 8 rings (SSSR count). The summed E-state index contributed by atoms with van der Waals surface area (Å²) in [5.74, 6) is -0.0544. The van der Waals surface area contributed by atoms with Gasteiger partial charge in [0.15, 0.2) is 0 Å². The van der Waals surface area contributed by atoms with Crippen molar-refractivity contribution in [2.75, 3.05) is 0 Å². The fourth-order valence-corrected chi connectivity index (χ4v) is 10.6. The average Bonchev–Trinajstić information content (AvgIpc) is 3.49. The molecule has 2 amide bonds. The van der Waals surface area contributed by atoms with E-state index >= 15 is 0 Å². The summed E-state index contributed by atoms with van der Waals surface area (Å²) in [6.07, 6.45) is 7.13. The van der Waals surface area contributed by atoms with Gasteiger partial charge in [-0.2, -0.15) is 0 Å². The van der Waals surface area contributed by atoms with Gasteiger partial charge in [-0.1, -0.05) is 124 Å². The Labute approximate surface area is 315 Å². The van der Waals surface area contributed by atoms with Crippen molar-refractivity contribution < 1.29 is 27.3 Å². The van der Waals surface area contributed by atoms with Crippen molar-refractivity contribution in [1.82, 2.24) is 15.4 Å². The number of sulfonamides is 1. The van der Waals surface area contributed by atoms with Gasteiger partial charge in [-0.25, -0.2) is 13.1 Å². The summed E-state index contributed by atoms with van der Waals surface area (Å²) in [6, 6.07) is 26.1. The van der Waals surface area contributed by atoms with E-state index in [1.807, 2.05) is 66.7 Å². The largest absolute Gasteiger partial charge is 0.481 e. The molecule has 0 aromatic heterocycles. The van der Waals surface area contributed by atoms with Crippen LogP contribution in [-0.2, 0) is 47.5 Å². The molecule has 0 unspecified atom stereocenters. The zero-order valence-corrected chi connectivity index (χ0v) is 32.0. The van der Waals surface area contributed by atoms with E-state index in [0.29, 0.717) is 29.7 Å². The van der Waals surface area contributed by atoms with Crippen LogP contribution < -0.4 is 15.4 Å². The zero-order chi connectivity index (χ0) is 37.2. The quantitative estimate of drug-likeness (QED) is 0.160. The molecule has 53 heavy (non-hydrogen) atoms. The normalized spacial score (nSPS) is 26.3. The zero-order valence-electron chi connectivity index (χ0n) is 31.2. The maximum absolute atomic E-state index is 14.5. The molecule has 4 aliphatic carbocycles. The molecule has 4 saturated carbocycles. The summed E-state index contributed by atoms with van der Waals surface area (Å²) in [6.45, 7) is 6.86. The number of nitrogens with one attached hydrogen (secondary N) is 3. The molecule has 0 radical (unpaired) electrons. The van der Waals surface area contributed by atoms with Crippen molar-refractivity contribution in [3.63, 3.8) is 0 Å². The predicted octanol–water partition coefficient (Wildman–Crippen LogP) is 5.78. The van der Waals surface area contributed by atoms with E-state index in [-0.39, 0.29) is 42.0 Å². The Morgan fingerprint density at radius 3 is 2.02 bits per heavy atom. The Bertz CT molecular complexity index is 1830. The second-order valence-corrected chi connectivity index (χ2v) is 18.4. The molecule has 5 aliphatic rings. The third kappa shape index (κ3) is 8.59. The lowest BCUT2D eigenvalue weighted by Gasteiger charge is -2.64. The van der Waals surface area contributed by atoms with Gasteiger partial charge in [0.25, 0.3) is 0 Å². The van der Waals surface area contributed by atoms with Crippen molar-refractivity contribution >= 4 is 29.0 Å². The second-order valence-electron chi connectivity index (χ2n) is 16.7. The predicted molar refractivity (Wildman–Crippen MR) is 207 cm³/mol. The Morgan fingerprint density at radius 2 is 1.42 bits per heavy atom. The maximum atomic E-state index is 14.5. The molecule has 282 valence electrons. The fourth-order valence-electron chi connectivity index (χ4n) is 9.26. The number of benzene rings is 3. The molecule has 1 saturated heterocycles. The van der Waals surface area contributed by atoms with Crippen LogP contribution in [0.15, 0.2) is 91.0 Å². The number of carbonyl (C=O) groups excluding carboxylic acids is 2. The minimum Gasteiger partial charge on any atom is -0.404 e. The van der Waals surface area contributed by atoms with Crippen LogP contribution in [-0.4, -0.2) is 57.1 Å². The molecule has 3 aromatic carbocycles. The van der Waals surface area contributed by atoms with Gasteiger partial charge in [0.2, 0.25) is 21.8 Å². The molecule has 11 heteroatoms. The van der Waals surface area contributed by atoms with Gasteiger partial charge in [0, 0.05) is 6.42 Å². The molecule has 1 aliphatic heterocycles. The van der Waals surface area contributed by atoms with Crippen LogP contribution in [0.25, 0.3) is 0 Å². The molecule has 1 heterocycles.